The van der Waals surface area contributed by atoms with E-state index in [1.165, 1.54) is 0 Å². The molecule has 1 aliphatic heterocycles. The van der Waals surface area contributed by atoms with E-state index in [0.29, 0.717) is 28.9 Å². The van der Waals surface area contributed by atoms with Crippen LogP contribution in [0.15, 0.2) is 84.9 Å². The maximum absolute atomic E-state index is 13.4. The maximum atomic E-state index is 13.4. The monoisotopic (exact) mass is 463 g/mol. The molecule has 3 aromatic rings. The molecule has 5 nitrogen and oxygen atoms in total. The molecule has 0 aliphatic carbocycles. The van der Waals surface area contributed by atoms with E-state index in [0.717, 1.165) is 11.1 Å². The number of thiocarbonyl (C=S) groups is 1. The van der Waals surface area contributed by atoms with Crippen molar-refractivity contribution >= 4 is 46.4 Å². The molecule has 1 fully saturated rings. The Balaban J connectivity index is 1.54. The van der Waals surface area contributed by atoms with Gasteiger partial charge in [-0.15, -0.1) is 0 Å². The molecule has 7 heteroatoms. The second-order valence-corrected chi connectivity index (χ2v) is 8.38. The Morgan fingerprint density at radius 3 is 2.03 bits per heavy atom. The summed E-state index contributed by atoms with van der Waals surface area (Å²) in [5, 5.41) is 3.87. The summed E-state index contributed by atoms with van der Waals surface area (Å²) < 4.78 is 0. The van der Waals surface area contributed by atoms with Gasteiger partial charge in [-0.2, -0.15) is 0 Å². The number of amides is 2. The first-order valence-electron chi connectivity index (χ1n) is 10.3. The summed E-state index contributed by atoms with van der Waals surface area (Å²) in [7, 11) is 0. The standard InChI is InChI=1S/C25H22ClN3O2S/c26-20-11-13-21(14-12-20)27-23(30)15-22-24(31)29(17-19-9-5-2-6-10-19)25(32)28(22)16-18-7-3-1-4-8-18/h1-14,22H,15-17H2,(H,27,30). The summed E-state index contributed by atoms with van der Waals surface area (Å²) >= 11 is 11.6. The van der Waals surface area contributed by atoms with E-state index in [1.807, 2.05) is 65.6 Å². The van der Waals surface area contributed by atoms with Gasteiger partial charge in [0.1, 0.15) is 6.04 Å². The molecule has 4 rings (SSSR count). The Morgan fingerprint density at radius 2 is 1.44 bits per heavy atom. The quantitative estimate of drug-likeness (QED) is 0.508. The zero-order chi connectivity index (χ0) is 22.5. The van der Waals surface area contributed by atoms with Crippen LogP contribution in [0, 0.1) is 0 Å². The number of hydrogen-bond acceptors (Lipinski definition) is 3. The summed E-state index contributed by atoms with van der Waals surface area (Å²) in [6.07, 6.45) is -0.000275. The van der Waals surface area contributed by atoms with Gasteiger partial charge in [0.2, 0.25) is 5.91 Å². The molecular weight excluding hydrogens is 442 g/mol. The van der Waals surface area contributed by atoms with Gasteiger partial charge in [-0.1, -0.05) is 72.3 Å². The Hall–Kier alpha value is -3.22. The fourth-order valence-corrected chi connectivity index (χ4v) is 4.16. The summed E-state index contributed by atoms with van der Waals surface area (Å²) in [5.41, 5.74) is 2.63. The fraction of sp³-hybridized carbons (Fsp3) is 0.160. The van der Waals surface area contributed by atoms with Gasteiger partial charge >= 0.3 is 0 Å². The van der Waals surface area contributed by atoms with E-state index < -0.39 is 6.04 Å². The van der Waals surface area contributed by atoms with Gasteiger partial charge in [0.25, 0.3) is 5.91 Å². The third-order valence-electron chi connectivity index (χ3n) is 5.29. The number of halogens is 1. The Bertz CT molecular complexity index is 1110. The third kappa shape index (κ3) is 5.15. The second-order valence-electron chi connectivity index (χ2n) is 7.58. The van der Waals surface area contributed by atoms with Crippen molar-refractivity contribution in [3.63, 3.8) is 0 Å². The zero-order valence-electron chi connectivity index (χ0n) is 17.3. The molecule has 1 aliphatic rings. The van der Waals surface area contributed by atoms with Crippen LogP contribution in [-0.4, -0.2) is 32.8 Å². The topological polar surface area (TPSA) is 52.7 Å². The molecule has 2 amide bonds. The van der Waals surface area contributed by atoms with Gasteiger partial charge < -0.3 is 10.2 Å². The van der Waals surface area contributed by atoms with E-state index in [1.54, 1.807) is 29.2 Å². The molecule has 3 aromatic carbocycles. The van der Waals surface area contributed by atoms with Gasteiger partial charge in [-0.25, -0.2) is 0 Å². The number of carbonyl (C=O) groups is 2. The molecule has 32 heavy (non-hydrogen) atoms. The second kappa shape index (κ2) is 9.94. The molecule has 1 unspecified atom stereocenters. The molecule has 1 N–H and O–H groups in total. The molecule has 162 valence electrons. The van der Waals surface area contributed by atoms with Gasteiger partial charge in [-0.05, 0) is 47.6 Å². The number of benzene rings is 3. The molecule has 0 spiro atoms. The van der Waals surface area contributed by atoms with Crippen molar-refractivity contribution in [3.05, 3.63) is 101 Å². The number of carbonyl (C=O) groups excluding carboxylic acids is 2. The van der Waals surface area contributed by atoms with Gasteiger partial charge in [-0.3, -0.25) is 14.5 Å². The van der Waals surface area contributed by atoms with Crippen LogP contribution in [0.5, 0.6) is 0 Å². The normalized spacial score (nSPS) is 15.8. The number of nitrogens with zero attached hydrogens (tertiary/aromatic N) is 2. The summed E-state index contributed by atoms with van der Waals surface area (Å²) in [6.45, 7) is 0.828. The van der Waals surface area contributed by atoms with E-state index in [2.05, 4.69) is 5.32 Å². The Kier molecular flexibility index (Phi) is 6.83. The molecule has 1 heterocycles. The SMILES string of the molecule is O=C(CC1C(=O)N(Cc2ccccc2)C(=S)N1Cc1ccccc1)Nc1ccc(Cl)cc1. The highest BCUT2D eigenvalue weighted by Crippen LogP contribution is 2.26. The van der Waals surface area contributed by atoms with Crippen LogP contribution in [0.1, 0.15) is 17.5 Å². The third-order valence-corrected chi connectivity index (χ3v) is 6.00. The Labute approximate surface area is 197 Å². The van der Waals surface area contributed by atoms with E-state index in [9.17, 15) is 9.59 Å². The van der Waals surface area contributed by atoms with Crippen molar-refractivity contribution in [2.45, 2.75) is 25.6 Å². The van der Waals surface area contributed by atoms with E-state index in [4.69, 9.17) is 23.8 Å². The summed E-state index contributed by atoms with van der Waals surface area (Å²) in [6, 6.07) is 25.7. The lowest BCUT2D eigenvalue weighted by Gasteiger charge is -2.24. The highest BCUT2D eigenvalue weighted by molar-refractivity contribution is 7.80. The molecule has 0 aromatic heterocycles. The smallest absolute Gasteiger partial charge is 0.252 e. The first-order chi connectivity index (χ1) is 15.5. The van der Waals surface area contributed by atoms with E-state index >= 15 is 0 Å². The highest BCUT2D eigenvalue weighted by Gasteiger charge is 2.43. The van der Waals surface area contributed by atoms with Crippen molar-refractivity contribution in [1.29, 1.82) is 0 Å². The number of rotatable bonds is 7. The molecule has 1 atom stereocenters. The van der Waals surface area contributed by atoms with Crippen LogP contribution < -0.4 is 5.32 Å². The predicted octanol–water partition coefficient (Wildman–Crippen LogP) is 4.87. The molecule has 1 saturated heterocycles. The van der Waals surface area contributed by atoms with Crippen LogP contribution >= 0.6 is 23.8 Å². The lowest BCUT2D eigenvalue weighted by Crippen LogP contribution is -2.37. The minimum Gasteiger partial charge on any atom is -0.332 e. The maximum Gasteiger partial charge on any atom is 0.252 e. The molecule has 0 saturated carbocycles. The number of anilines is 1. The van der Waals surface area contributed by atoms with Crippen molar-refractivity contribution in [3.8, 4) is 0 Å². The lowest BCUT2D eigenvalue weighted by molar-refractivity contribution is -0.131. The average Bonchev–Trinajstić information content (AvgIpc) is 3.01. The fourth-order valence-electron chi connectivity index (χ4n) is 3.68. The van der Waals surface area contributed by atoms with Crippen molar-refractivity contribution in [2.75, 3.05) is 5.32 Å². The first-order valence-corrected chi connectivity index (χ1v) is 11.0. The average molecular weight is 464 g/mol. The van der Waals surface area contributed by atoms with Crippen LogP contribution in [0.25, 0.3) is 0 Å². The van der Waals surface area contributed by atoms with Crippen LogP contribution in [0.2, 0.25) is 5.02 Å². The van der Waals surface area contributed by atoms with Crippen molar-refractivity contribution < 1.29 is 9.59 Å². The number of nitrogens with one attached hydrogen (secondary N) is 1. The minimum absolute atomic E-state index is 0.000275. The van der Waals surface area contributed by atoms with Crippen LogP contribution in [0.3, 0.4) is 0 Å². The van der Waals surface area contributed by atoms with Crippen LogP contribution in [-0.2, 0) is 22.7 Å². The predicted molar refractivity (Wildman–Crippen MR) is 130 cm³/mol. The summed E-state index contributed by atoms with van der Waals surface area (Å²) in [5.74, 6) is -0.422. The van der Waals surface area contributed by atoms with Gasteiger partial charge in [0.05, 0.1) is 13.0 Å². The lowest BCUT2D eigenvalue weighted by atomic mass is 10.1. The van der Waals surface area contributed by atoms with Crippen molar-refractivity contribution in [1.82, 2.24) is 9.80 Å². The highest BCUT2D eigenvalue weighted by atomic mass is 35.5. The minimum atomic E-state index is -0.668. The molecular formula is C25H22ClN3O2S. The molecule has 0 radical (unpaired) electrons. The van der Waals surface area contributed by atoms with Crippen LogP contribution in [0.4, 0.5) is 5.69 Å². The Morgan fingerprint density at radius 1 is 0.875 bits per heavy atom. The van der Waals surface area contributed by atoms with Gasteiger partial charge in [0, 0.05) is 17.3 Å². The van der Waals surface area contributed by atoms with Crippen molar-refractivity contribution in [2.24, 2.45) is 0 Å². The largest absolute Gasteiger partial charge is 0.332 e. The molecule has 0 bridgehead atoms. The van der Waals surface area contributed by atoms with Gasteiger partial charge in [0.15, 0.2) is 5.11 Å². The summed E-state index contributed by atoms with van der Waals surface area (Å²) in [4.78, 5) is 29.6. The zero-order valence-corrected chi connectivity index (χ0v) is 18.9. The number of hydrogen-bond donors (Lipinski definition) is 1. The van der Waals surface area contributed by atoms with E-state index in [-0.39, 0.29) is 18.2 Å². The first kappa shape index (κ1) is 22.0.